The van der Waals surface area contributed by atoms with E-state index in [4.69, 9.17) is 0 Å². The summed E-state index contributed by atoms with van der Waals surface area (Å²) >= 11 is 4.93. The van der Waals surface area contributed by atoms with Gasteiger partial charge >= 0.3 is 0 Å². The van der Waals surface area contributed by atoms with E-state index in [0.29, 0.717) is 6.42 Å². The van der Waals surface area contributed by atoms with Crippen molar-refractivity contribution in [2.45, 2.75) is 6.42 Å². The highest BCUT2D eigenvalue weighted by molar-refractivity contribution is 9.09. The normalized spacial score (nSPS) is 10.0. The lowest BCUT2D eigenvalue weighted by Crippen LogP contribution is -2.29. The van der Waals surface area contributed by atoms with Gasteiger partial charge in [-0.1, -0.05) is 15.9 Å². The number of nitrogens with zero attached hydrogens (tertiary/aromatic N) is 1. The molecule has 0 aromatic carbocycles. The van der Waals surface area contributed by atoms with Crippen LogP contribution in [0.5, 0.6) is 0 Å². The molecular formula is C9H12BrNOS. The quantitative estimate of drug-likeness (QED) is 0.761. The summed E-state index contributed by atoms with van der Waals surface area (Å²) in [5, 5.41) is 4.84. The molecule has 1 aromatic heterocycles. The second kappa shape index (κ2) is 5.40. The molecule has 0 N–H and O–H groups in total. The monoisotopic (exact) mass is 261 g/mol. The van der Waals surface area contributed by atoms with Crippen LogP contribution in [0.3, 0.4) is 0 Å². The third kappa shape index (κ3) is 3.48. The summed E-state index contributed by atoms with van der Waals surface area (Å²) in [5.41, 5.74) is 1.11. The number of hydrogen-bond donors (Lipinski definition) is 0. The van der Waals surface area contributed by atoms with Crippen LogP contribution in [0.2, 0.25) is 0 Å². The summed E-state index contributed by atoms with van der Waals surface area (Å²) in [4.78, 5) is 13.3. The second-order valence-corrected chi connectivity index (χ2v) is 4.39. The number of carbonyl (C=O) groups is 1. The fourth-order valence-corrected chi connectivity index (χ4v) is 2.15. The predicted octanol–water partition coefficient (Wildman–Crippen LogP) is 2.14. The van der Waals surface area contributed by atoms with Crippen LogP contribution in [-0.4, -0.2) is 29.7 Å². The standard InChI is InChI=1S/C9H12BrNOS/c1-11(4-3-10)9(12)6-8-2-5-13-7-8/h2,5,7H,3-4,6H2,1H3. The minimum atomic E-state index is 0.179. The molecule has 0 aliphatic heterocycles. The smallest absolute Gasteiger partial charge is 0.226 e. The van der Waals surface area contributed by atoms with Crippen LogP contribution in [0.1, 0.15) is 5.56 Å². The van der Waals surface area contributed by atoms with E-state index in [1.165, 1.54) is 0 Å². The molecular weight excluding hydrogens is 250 g/mol. The highest BCUT2D eigenvalue weighted by Crippen LogP contribution is 2.07. The van der Waals surface area contributed by atoms with Gasteiger partial charge in [-0.25, -0.2) is 0 Å². The minimum Gasteiger partial charge on any atom is -0.345 e. The van der Waals surface area contributed by atoms with Gasteiger partial charge in [-0.2, -0.15) is 11.3 Å². The van der Waals surface area contributed by atoms with Crippen molar-refractivity contribution in [3.63, 3.8) is 0 Å². The number of rotatable bonds is 4. The molecule has 0 saturated heterocycles. The Labute approximate surface area is 90.7 Å². The molecule has 1 aromatic rings. The fraction of sp³-hybridized carbons (Fsp3) is 0.444. The first kappa shape index (κ1) is 10.7. The Morgan fingerprint density at radius 2 is 2.46 bits per heavy atom. The van der Waals surface area contributed by atoms with Crippen LogP contribution >= 0.6 is 27.3 Å². The maximum Gasteiger partial charge on any atom is 0.226 e. The van der Waals surface area contributed by atoms with Crippen molar-refractivity contribution < 1.29 is 4.79 Å². The topological polar surface area (TPSA) is 20.3 Å². The summed E-state index contributed by atoms with van der Waals surface area (Å²) in [6.45, 7) is 0.767. The molecule has 0 spiro atoms. The average molecular weight is 262 g/mol. The molecule has 0 unspecified atom stereocenters. The van der Waals surface area contributed by atoms with Crippen molar-refractivity contribution in [2.75, 3.05) is 18.9 Å². The third-order valence-electron chi connectivity index (χ3n) is 1.78. The number of likely N-dealkylation sites (N-methyl/N-ethyl adjacent to an activating group) is 1. The van der Waals surface area contributed by atoms with Crippen molar-refractivity contribution in [1.29, 1.82) is 0 Å². The molecule has 1 rings (SSSR count). The van der Waals surface area contributed by atoms with Crippen LogP contribution in [0, 0.1) is 0 Å². The van der Waals surface area contributed by atoms with Crippen molar-refractivity contribution in [1.82, 2.24) is 4.90 Å². The first-order valence-corrected chi connectivity index (χ1v) is 6.11. The summed E-state index contributed by atoms with van der Waals surface area (Å²) in [6.07, 6.45) is 0.521. The van der Waals surface area contributed by atoms with Gasteiger partial charge in [0.1, 0.15) is 0 Å². The molecule has 0 atom stereocenters. The Morgan fingerprint density at radius 3 is 3.00 bits per heavy atom. The van der Waals surface area contributed by atoms with Gasteiger partial charge in [0, 0.05) is 18.9 Å². The van der Waals surface area contributed by atoms with Crippen LogP contribution < -0.4 is 0 Å². The lowest BCUT2D eigenvalue weighted by atomic mass is 10.2. The Bertz CT molecular complexity index is 261. The zero-order chi connectivity index (χ0) is 9.68. The van der Waals surface area contributed by atoms with Gasteiger partial charge < -0.3 is 4.90 Å². The lowest BCUT2D eigenvalue weighted by Gasteiger charge is -2.14. The van der Waals surface area contributed by atoms with Crippen LogP contribution in [0.25, 0.3) is 0 Å². The van der Waals surface area contributed by atoms with E-state index < -0.39 is 0 Å². The molecule has 13 heavy (non-hydrogen) atoms. The highest BCUT2D eigenvalue weighted by Gasteiger charge is 2.08. The van der Waals surface area contributed by atoms with Gasteiger partial charge in [-0.05, 0) is 22.4 Å². The van der Waals surface area contributed by atoms with Crippen molar-refractivity contribution in [2.24, 2.45) is 0 Å². The van der Waals surface area contributed by atoms with E-state index in [2.05, 4.69) is 15.9 Å². The number of alkyl halides is 1. The lowest BCUT2D eigenvalue weighted by molar-refractivity contribution is -0.128. The van der Waals surface area contributed by atoms with Crippen LogP contribution in [0.4, 0.5) is 0 Å². The van der Waals surface area contributed by atoms with Gasteiger partial charge in [-0.3, -0.25) is 4.79 Å². The fourth-order valence-electron chi connectivity index (χ4n) is 0.954. The summed E-state index contributed by atoms with van der Waals surface area (Å²) in [7, 11) is 1.83. The Kier molecular flexibility index (Phi) is 4.45. The average Bonchev–Trinajstić information content (AvgIpc) is 2.57. The number of hydrogen-bond acceptors (Lipinski definition) is 2. The van der Waals surface area contributed by atoms with Crippen molar-refractivity contribution >= 4 is 33.2 Å². The molecule has 0 aliphatic rings. The molecule has 4 heteroatoms. The minimum absolute atomic E-state index is 0.179. The Hall–Kier alpha value is -0.350. The van der Waals surface area contributed by atoms with Gasteiger partial charge in [0.2, 0.25) is 5.91 Å². The maximum absolute atomic E-state index is 11.5. The summed E-state index contributed by atoms with van der Waals surface area (Å²) in [6, 6.07) is 1.99. The molecule has 0 aliphatic carbocycles. The predicted molar refractivity (Wildman–Crippen MR) is 59.5 cm³/mol. The van der Waals surface area contributed by atoms with Gasteiger partial charge in [0.25, 0.3) is 0 Å². The maximum atomic E-state index is 11.5. The van der Waals surface area contributed by atoms with E-state index in [0.717, 1.165) is 17.4 Å². The zero-order valence-corrected chi connectivity index (χ0v) is 9.90. The molecule has 2 nitrogen and oxygen atoms in total. The molecule has 0 fully saturated rings. The molecule has 0 saturated carbocycles. The number of thiophene rings is 1. The zero-order valence-electron chi connectivity index (χ0n) is 7.50. The molecule has 1 heterocycles. The number of carbonyl (C=O) groups excluding carboxylic acids is 1. The Balaban J connectivity index is 2.41. The summed E-state index contributed by atoms with van der Waals surface area (Å²) in [5.74, 6) is 0.179. The number of amides is 1. The SMILES string of the molecule is CN(CCBr)C(=O)Cc1ccsc1. The van der Waals surface area contributed by atoms with Gasteiger partial charge in [-0.15, -0.1) is 0 Å². The molecule has 72 valence electrons. The van der Waals surface area contributed by atoms with Gasteiger partial charge in [0.05, 0.1) is 6.42 Å². The molecule has 0 radical (unpaired) electrons. The number of halogens is 1. The van der Waals surface area contributed by atoms with E-state index in [-0.39, 0.29) is 5.91 Å². The van der Waals surface area contributed by atoms with Crippen molar-refractivity contribution in [3.05, 3.63) is 22.4 Å². The highest BCUT2D eigenvalue weighted by atomic mass is 79.9. The second-order valence-electron chi connectivity index (χ2n) is 2.81. The van der Waals surface area contributed by atoms with E-state index in [1.54, 1.807) is 16.2 Å². The van der Waals surface area contributed by atoms with E-state index >= 15 is 0 Å². The van der Waals surface area contributed by atoms with E-state index in [1.807, 2.05) is 23.9 Å². The van der Waals surface area contributed by atoms with Crippen LogP contribution in [0.15, 0.2) is 16.8 Å². The first-order chi connectivity index (χ1) is 6.24. The third-order valence-corrected chi connectivity index (χ3v) is 2.87. The van der Waals surface area contributed by atoms with Crippen molar-refractivity contribution in [3.8, 4) is 0 Å². The first-order valence-electron chi connectivity index (χ1n) is 4.05. The largest absolute Gasteiger partial charge is 0.345 e. The van der Waals surface area contributed by atoms with Crippen LogP contribution in [-0.2, 0) is 11.2 Å². The molecule has 1 amide bonds. The summed E-state index contributed by atoms with van der Waals surface area (Å²) < 4.78 is 0. The van der Waals surface area contributed by atoms with E-state index in [9.17, 15) is 4.79 Å². The molecule has 0 bridgehead atoms. The van der Waals surface area contributed by atoms with Gasteiger partial charge in [0.15, 0.2) is 0 Å². The Morgan fingerprint density at radius 1 is 1.69 bits per heavy atom.